The number of halogens is 2. The predicted molar refractivity (Wildman–Crippen MR) is 72.8 cm³/mol. The van der Waals surface area contributed by atoms with Crippen molar-refractivity contribution in [3.05, 3.63) is 35.4 Å². The Morgan fingerprint density at radius 2 is 1.95 bits per heavy atom. The fraction of sp³-hybridized carbons (Fsp3) is 0.600. The first-order chi connectivity index (χ1) is 9.15. The molecule has 1 aromatic rings. The Bertz CT molecular complexity index is 417. The van der Waals surface area contributed by atoms with E-state index in [0.717, 1.165) is 18.9 Å². The van der Waals surface area contributed by atoms with Crippen LogP contribution in [0.2, 0.25) is 0 Å². The van der Waals surface area contributed by atoms with Gasteiger partial charge in [-0.1, -0.05) is 31.4 Å². The van der Waals surface area contributed by atoms with Crippen LogP contribution in [0.25, 0.3) is 0 Å². The van der Waals surface area contributed by atoms with Crippen molar-refractivity contribution < 1.29 is 8.78 Å². The van der Waals surface area contributed by atoms with Crippen molar-refractivity contribution in [1.82, 2.24) is 4.90 Å². The van der Waals surface area contributed by atoms with Crippen molar-refractivity contribution in [2.75, 3.05) is 13.6 Å². The number of rotatable bonds is 4. The molecule has 2 N–H and O–H groups in total. The summed E-state index contributed by atoms with van der Waals surface area (Å²) in [7, 11) is 1.97. The van der Waals surface area contributed by atoms with Crippen molar-refractivity contribution in [1.29, 1.82) is 0 Å². The second-order valence-electron chi connectivity index (χ2n) is 5.35. The van der Waals surface area contributed by atoms with Crippen LogP contribution in [0.5, 0.6) is 0 Å². The summed E-state index contributed by atoms with van der Waals surface area (Å²) >= 11 is 0. The average Bonchev–Trinajstić information content (AvgIpc) is 2.45. The number of hydrogen-bond acceptors (Lipinski definition) is 2. The SMILES string of the molecule is CN(C1CCCCC1)C(CN)c1cccc(F)c1F. The van der Waals surface area contributed by atoms with Gasteiger partial charge in [-0.15, -0.1) is 0 Å². The van der Waals surface area contributed by atoms with Crippen LogP contribution in [0.3, 0.4) is 0 Å². The van der Waals surface area contributed by atoms with Crippen LogP contribution in [-0.4, -0.2) is 24.5 Å². The highest BCUT2D eigenvalue weighted by Gasteiger charge is 2.27. The molecule has 0 heterocycles. The lowest BCUT2D eigenvalue weighted by Crippen LogP contribution is -2.40. The standard InChI is InChI=1S/C15H22F2N2/c1-19(11-6-3-2-4-7-11)14(10-18)12-8-5-9-13(16)15(12)17/h5,8-9,11,14H,2-4,6-7,10,18H2,1H3. The topological polar surface area (TPSA) is 29.3 Å². The summed E-state index contributed by atoms with van der Waals surface area (Å²) in [5.41, 5.74) is 6.17. The van der Waals surface area contributed by atoms with Crippen LogP contribution < -0.4 is 5.73 Å². The lowest BCUT2D eigenvalue weighted by molar-refractivity contribution is 0.138. The van der Waals surface area contributed by atoms with Gasteiger partial charge >= 0.3 is 0 Å². The second-order valence-corrected chi connectivity index (χ2v) is 5.35. The fourth-order valence-electron chi connectivity index (χ4n) is 3.03. The molecule has 1 fully saturated rings. The van der Waals surface area contributed by atoms with Gasteiger partial charge in [0.15, 0.2) is 11.6 Å². The largest absolute Gasteiger partial charge is 0.329 e. The Kier molecular flexibility index (Phi) is 4.88. The maximum Gasteiger partial charge on any atom is 0.163 e. The summed E-state index contributed by atoms with van der Waals surface area (Å²) in [5.74, 6) is -1.56. The number of nitrogens with two attached hydrogens (primary N) is 1. The lowest BCUT2D eigenvalue weighted by atomic mass is 9.92. The van der Waals surface area contributed by atoms with Crippen molar-refractivity contribution in [2.24, 2.45) is 5.73 Å². The molecule has 106 valence electrons. The van der Waals surface area contributed by atoms with Gasteiger partial charge in [0, 0.05) is 24.2 Å². The number of nitrogens with zero attached hydrogens (tertiary/aromatic N) is 1. The molecule has 1 unspecified atom stereocenters. The molecule has 0 radical (unpaired) electrons. The Labute approximate surface area is 113 Å². The zero-order valence-corrected chi connectivity index (χ0v) is 11.4. The first-order valence-electron chi connectivity index (χ1n) is 7.01. The summed E-state index contributed by atoms with van der Waals surface area (Å²) in [6.45, 7) is 0.299. The number of benzene rings is 1. The third-order valence-electron chi connectivity index (χ3n) is 4.21. The first kappa shape index (κ1) is 14.4. The molecular formula is C15H22F2N2. The molecule has 1 saturated carbocycles. The minimum absolute atomic E-state index is 0.251. The summed E-state index contributed by atoms with van der Waals surface area (Å²) < 4.78 is 27.3. The monoisotopic (exact) mass is 268 g/mol. The quantitative estimate of drug-likeness (QED) is 0.908. The van der Waals surface area contributed by atoms with Gasteiger partial charge in [0.25, 0.3) is 0 Å². The molecule has 0 aliphatic heterocycles. The van der Waals surface area contributed by atoms with Gasteiger partial charge in [-0.2, -0.15) is 0 Å². The van der Waals surface area contributed by atoms with Gasteiger partial charge < -0.3 is 5.73 Å². The summed E-state index contributed by atoms with van der Waals surface area (Å²) in [6.07, 6.45) is 5.91. The molecule has 0 amide bonds. The minimum Gasteiger partial charge on any atom is -0.329 e. The Balaban J connectivity index is 2.20. The Morgan fingerprint density at radius 1 is 1.26 bits per heavy atom. The highest BCUT2D eigenvalue weighted by Crippen LogP contribution is 2.30. The van der Waals surface area contributed by atoms with E-state index in [4.69, 9.17) is 5.73 Å². The molecule has 0 bridgehead atoms. The summed E-state index contributed by atoms with van der Waals surface area (Å²) in [5, 5.41) is 0. The molecule has 1 aliphatic rings. The van der Waals surface area contributed by atoms with Crippen molar-refractivity contribution >= 4 is 0 Å². The summed E-state index contributed by atoms with van der Waals surface area (Å²) in [6, 6.07) is 4.50. The molecule has 2 nitrogen and oxygen atoms in total. The predicted octanol–water partition coefficient (Wildman–Crippen LogP) is 3.23. The van der Waals surface area contributed by atoms with Crippen LogP contribution in [0, 0.1) is 11.6 Å². The highest BCUT2D eigenvalue weighted by atomic mass is 19.2. The third kappa shape index (κ3) is 3.12. The normalized spacial score (nSPS) is 18.8. The zero-order chi connectivity index (χ0) is 13.8. The van der Waals surface area contributed by atoms with E-state index in [-0.39, 0.29) is 6.04 Å². The van der Waals surface area contributed by atoms with E-state index < -0.39 is 11.6 Å². The van der Waals surface area contributed by atoms with Crippen molar-refractivity contribution in [2.45, 2.75) is 44.2 Å². The van der Waals surface area contributed by atoms with Crippen LogP contribution in [0.15, 0.2) is 18.2 Å². The van der Waals surface area contributed by atoms with Crippen molar-refractivity contribution in [3.8, 4) is 0 Å². The maximum atomic E-state index is 13.9. The van der Waals surface area contributed by atoms with E-state index in [0.29, 0.717) is 18.2 Å². The molecule has 1 atom stereocenters. The molecule has 0 aromatic heterocycles. The molecular weight excluding hydrogens is 246 g/mol. The highest BCUT2D eigenvalue weighted by molar-refractivity contribution is 5.23. The molecule has 0 spiro atoms. The molecule has 1 aromatic carbocycles. The van der Waals surface area contributed by atoms with Gasteiger partial charge in [0.2, 0.25) is 0 Å². The van der Waals surface area contributed by atoms with E-state index in [9.17, 15) is 8.78 Å². The van der Waals surface area contributed by atoms with E-state index in [1.807, 2.05) is 7.05 Å². The number of likely N-dealkylation sites (N-methyl/N-ethyl adjacent to an activating group) is 1. The smallest absolute Gasteiger partial charge is 0.163 e. The van der Waals surface area contributed by atoms with E-state index in [1.165, 1.54) is 19.3 Å². The maximum absolute atomic E-state index is 13.9. The molecule has 19 heavy (non-hydrogen) atoms. The minimum atomic E-state index is -0.798. The fourth-order valence-corrected chi connectivity index (χ4v) is 3.03. The van der Waals surface area contributed by atoms with E-state index in [2.05, 4.69) is 4.90 Å². The van der Waals surface area contributed by atoms with Crippen LogP contribution in [0.1, 0.15) is 43.7 Å². The first-order valence-corrected chi connectivity index (χ1v) is 7.01. The van der Waals surface area contributed by atoms with Gasteiger partial charge in [-0.3, -0.25) is 4.90 Å². The second kappa shape index (κ2) is 6.44. The summed E-state index contributed by atoms with van der Waals surface area (Å²) in [4.78, 5) is 2.12. The van der Waals surface area contributed by atoms with Crippen LogP contribution in [0.4, 0.5) is 8.78 Å². The lowest BCUT2D eigenvalue weighted by Gasteiger charge is -2.37. The van der Waals surface area contributed by atoms with Gasteiger partial charge in [0.1, 0.15) is 0 Å². The average molecular weight is 268 g/mol. The molecule has 4 heteroatoms. The molecule has 0 saturated heterocycles. The molecule has 2 rings (SSSR count). The van der Waals surface area contributed by atoms with Gasteiger partial charge in [-0.05, 0) is 26.0 Å². The van der Waals surface area contributed by atoms with E-state index >= 15 is 0 Å². The van der Waals surface area contributed by atoms with E-state index in [1.54, 1.807) is 12.1 Å². The Morgan fingerprint density at radius 3 is 2.58 bits per heavy atom. The third-order valence-corrected chi connectivity index (χ3v) is 4.21. The Hall–Kier alpha value is -1.00. The van der Waals surface area contributed by atoms with Crippen LogP contribution in [-0.2, 0) is 0 Å². The van der Waals surface area contributed by atoms with Crippen molar-refractivity contribution in [3.63, 3.8) is 0 Å². The number of hydrogen-bond donors (Lipinski definition) is 1. The van der Waals surface area contributed by atoms with Gasteiger partial charge in [0.05, 0.1) is 0 Å². The molecule has 1 aliphatic carbocycles. The van der Waals surface area contributed by atoms with Gasteiger partial charge in [-0.25, -0.2) is 8.78 Å². The zero-order valence-electron chi connectivity index (χ0n) is 11.4. The van der Waals surface area contributed by atoms with Crippen LogP contribution >= 0.6 is 0 Å².